The third-order valence-corrected chi connectivity index (χ3v) is 3.74. The topological polar surface area (TPSA) is 29.5 Å². The van der Waals surface area contributed by atoms with Gasteiger partial charge in [-0.2, -0.15) is 0 Å². The summed E-state index contributed by atoms with van der Waals surface area (Å²) in [6, 6.07) is 3.98. The molecule has 1 aliphatic rings. The van der Waals surface area contributed by atoms with Crippen LogP contribution < -0.4 is 4.90 Å². The molecule has 15 heavy (non-hydrogen) atoms. The number of cyclic esters (lactones) is 1. The molecule has 0 radical (unpaired) electrons. The van der Waals surface area contributed by atoms with E-state index in [9.17, 15) is 4.79 Å². The highest BCUT2D eigenvalue weighted by Gasteiger charge is 2.24. The average molecular weight is 270 g/mol. The summed E-state index contributed by atoms with van der Waals surface area (Å²) >= 11 is 3.50. The van der Waals surface area contributed by atoms with Crippen molar-refractivity contribution in [1.29, 1.82) is 0 Å². The summed E-state index contributed by atoms with van der Waals surface area (Å²) in [5.74, 6) is 0. The van der Waals surface area contributed by atoms with Gasteiger partial charge >= 0.3 is 6.09 Å². The molecule has 1 heterocycles. The zero-order valence-corrected chi connectivity index (χ0v) is 10.3. The quantitative estimate of drug-likeness (QED) is 0.785. The summed E-state index contributed by atoms with van der Waals surface area (Å²) in [6.07, 6.45) is -0.254. The van der Waals surface area contributed by atoms with Crippen LogP contribution in [-0.4, -0.2) is 19.2 Å². The van der Waals surface area contributed by atoms with E-state index in [-0.39, 0.29) is 6.09 Å². The highest BCUT2D eigenvalue weighted by Crippen LogP contribution is 2.28. The van der Waals surface area contributed by atoms with Crippen molar-refractivity contribution < 1.29 is 9.53 Å². The van der Waals surface area contributed by atoms with Crippen molar-refractivity contribution in [1.82, 2.24) is 0 Å². The van der Waals surface area contributed by atoms with Gasteiger partial charge in [0, 0.05) is 10.2 Å². The van der Waals surface area contributed by atoms with E-state index >= 15 is 0 Å². The van der Waals surface area contributed by atoms with Gasteiger partial charge in [0.25, 0.3) is 0 Å². The molecule has 4 heteroatoms. The largest absolute Gasteiger partial charge is 0.447 e. The normalized spacial score (nSPS) is 15.7. The molecule has 1 saturated heterocycles. The Labute approximate surface area is 97.2 Å². The molecule has 1 aliphatic heterocycles. The van der Waals surface area contributed by atoms with Gasteiger partial charge in [0.15, 0.2) is 0 Å². The lowest BCUT2D eigenvalue weighted by atomic mass is 10.1. The summed E-state index contributed by atoms with van der Waals surface area (Å²) in [7, 11) is 0. The monoisotopic (exact) mass is 269 g/mol. The second-order valence-corrected chi connectivity index (χ2v) is 4.45. The Hall–Kier alpha value is -1.03. The van der Waals surface area contributed by atoms with Crippen molar-refractivity contribution in [2.24, 2.45) is 0 Å². The lowest BCUT2D eigenvalue weighted by Crippen LogP contribution is -2.23. The summed E-state index contributed by atoms with van der Waals surface area (Å²) in [4.78, 5) is 13.0. The van der Waals surface area contributed by atoms with E-state index in [1.54, 1.807) is 4.90 Å². The molecular formula is C11H12BrNO2. The predicted molar refractivity (Wildman–Crippen MR) is 62.3 cm³/mol. The van der Waals surface area contributed by atoms with Crippen molar-refractivity contribution in [3.8, 4) is 0 Å². The average Bonchev–Trinajstić information content (AvgIpc) is 2.60. The fourth-order valence-corrected chi connectivity index (χ4v) is 1.94. The second-order valence-electron chi connectivity index (χ2n) is 3.66. The smallest absolute Gasteiger partial charge is 0.414 e. The minimum absolute atomic E-state index is 0.254. The SMILES string of the molecule is Cc1cc(N2CCOC2=O)cc(C)c1Br. The highest BCUT2D eigenvalue weighted by atomic mass is 79.9. The van der Waals surface area contributed by atoms with Gasteiger partial charge in [0.05, 0.1) is 6.54 Å². The summed E-state index contributed by atoms with van der Waals surface area (Å²) < 4.78 is 6.00. The summed E-state index contributed by atoms with van der Waals surface area (Å²) in [6.45, 7) is 5.15. The van der Waals surface area contributed by atoms with E-state index < -0.39 is 0 Å². The van der Waals surface area contributed by atoms with E-state index in [1.165, 1.54) is 0 Å². The van der Waals surface area contributed by atoms with Crippen LogP contribution in [0.25, 0.3) is 0 Å². The standard InChI is InChI=1S/C11H12BrNO2/c1-7-5-9(6-8(2)10(7)12)13-3-4-15-11(13)14/h5-6H,3-4H2,1-2H3. The molecule has 0 aliphatic carbocycles. The molecule has 0 N–H and O–H groups in total. The molecule has 0 bridgehead atoms. The third-order valence-electron chi connectivity index (χ3n) is 2.49. The zero-order chi connectivity index (χ0) is 11.0. The number of carbonyl (C=O) groups is 1. The molecule has 0 unspecified atom stereocenters. The number of rotatable bonds is 1. The molecule has 0 aromatic heterocycles. The van der Waals surface area contributed by atoms with Crippen LogP contribution in [0.5, 0.6) is 0 Å². The number of benzene rings is 1. The fraction of sp³-hybridized carbons (Fsp3) is 0.364. The van der Waals surface area contributed by atoms with Crippen LogP contribution in [0.3, 0.4) is 0 Å². The van der Waals surface area contributed by atoms with Crippen LogP contribution in [0, 0.1) is 13.8 Å². The first-order chi connectivity index (χ1) is 7.09. The summed E-state index contributed by atoms with van der Waals surface area (Å²) in [5.41, 5.74) is 3.17. The number of hydrogen-bond acceptors (Lipinski definition) is 2. The lowest BCUT2D eigenvalue weighted by Gasteiger charge is -2.15. The Balaban J connectivity index is 2.41. The van der Waals surface area contributed by atoms with Gasteiger partial charge in [-0.3, -0.25) is 4.90 Å². The van der Waals surface area contributed by atoms with Crippen molar-refractivity contribution in [3.05, 3.63) is 27.7 Å². The molecule has 1 aromatic carbocycles. The van der Waals surface area contributed by atoms with Gasteiger partial charge in [0.2, 0.25) is 0 Å². The first-order valence-electron chi connectivity index (χ1n) is 4.80. The number of nitrogens with zero attached hydrogens (tertiary/aromatic N) is 1. The predicted octanol–water partition coefficient (Wildman–Crippen LogP) is 3.02. The minimum atomic E-state index is -0.254. The fourth-order valence-electron chi connectivity index (χ4n) is 1.71. The Kier molecular flexibility index (Phi) is 2.69. The Morgan fingerprint density at radius 2 is 1.93 bits per heavy atom. The van der Waals surface area contributed by atoms with Gasteiger partial charge < -0.3 is 4.74 Å². The van der Waals surface area contributed by atoms with Crippen molar-refractivity contribution in [2.75, 3.05) is 18.1 Å². The van der Waals surface area contributed by atoms with Crippen molar-refractivity contribution >= 4 is 27.7 Å². The highest BCUT2D eigenvalue weighted by molar-refractivity contribution is 9.10. The molecule has 0 saturated carbocycles. The molecule has 1 fully saturated rings. The van der Waals surface area contributed by atoms with Crippen LogP contribution in [0.15, 0.2) is 16.6 Å². The van der Waals surface area contributed by atoms with Crippen LogP contribution in [0.1, 0.15) is 11.1 Å². The Morgan fingerprint density at radius 1 is 1.33 bits per heavy atom. The van der Waals surface area contributed by atoms with Gasteiger partial charge in [-0.05, 0) is 37.1 Å². The maximum absolute atomic E-state index is 11.4. The van der Waals surface area contributed by atoms with E-state index in [2.05, 4.69) is 15.9 Å². The van der Waals surface area contributed by atoms with Crippen LogP contribution in [0.2, 0.25) is 0 Å². The molecular weight excluding hydrogens is 258 g/mol. The molecule has 80 valence electrons. The molecule has 3 nitrogen and oxygen atoms in total. The number of ether oxygens (including phenoxy) is 1. The van der Waals surface area contributed by atoms with Gasteiger partial charge in [-0.25, -0.2) is 4.79 Å². The Bertz CT molecular complexity index is 394. The number of hydrogen-bond donors (Lipinski definition) is 0. The lowest BCUT2D eigenvalue weighted by molar-refractivity contribution is 0.181. The van der Waals surface area contributed by atoms with Gasteiger partial charge in [0.1, 0.15) is 6.61 Å². The first-order valence-corrected chi connectivity index (χ1v) is 5.60. The number of amides is 1. The third kappa shape index (κ3) is 1.86. The molecule has 1 amide bonds. The number of halogens is 1. The van der Waals surface area contributed by atoms with Crippen molar-refractivity contribution in [2.45, 2.75) is 13.8 Å². The summed E-state index contributed by atoms with van der Waals surface area (Å²) in [5, 5.41) is 0. The maximum Gasteiger partial charge on any atom is 0.414 e. The van der Waals surface area contributed by atoms with Crippen LogP contribution in [-0.2, 0) is 4.74 Å². The second kappa shape index (κ2) is 3.85. The van der Waals surface area contributed by atoms with E-state index in [0.717, 1.165) is 21.3 Å². The number of carbonyl (C=O) groups excluding carboxylic acids is 1. The Morgan fingerprint density at radius 3 is 2.40 bits per heavy atom. The first kappa shape index (κ1) is 10.5. The molecule has 0 atom stereocenters. The van der Waals surface area contributed by atoms with Crippen molar-refractivity contribution in [3.63, 3.8) is 0 Å². The molecule has 0 spiro atoms. The maximum atomic E-state index is 11.4. The van der Waals surface area contributed by atoms with Crippen LogP contribution >= 0.6 is 15.9 Å². The minimum Gasteiger partial charge on any atom is -0.447 e. The van der Waals surface area contributed by atoms with Gasteiger partial charge in [-0.1, -0.05) is 15.9 Å². The number of anilines is 1. The van der Waals surface area contributed by atoms with E-state index in [4.69, 9.17) is 4.74 Å². The number of aryl methyl sites for hydroxylation is 2. The van der Waals surface area contributed by atoms with E-state index in [0.29, 0.717) is 13.2 Å². The molecule has 1 aromatic rings. The zero-order valence-electron chi connectivity index (χ0n) is 8.71. The molecule has 2 rings (SSSR count). The van der Waals surface area contributed by atoms with Crippen LogP contribution in [0.4, 0.5) is 10.5 Å². The van der Waals surface area contributed by atoms with Gasteiger partial charge in [-0.15, -0.1) is 0 Å². The van der Waals surface area contributed by atoms with E-state index in [1.807, 2.05) is 26.0 Å².